The van der Waals surface area contributed by atoms with E-state index in [2.05, 4.69) is 69.2 Å². The van der Waals surface area contributed by atoms with Gasteiger partial charge >= 0.3 is 8.80 Å². The van der Waals surface area contributed by atoms with Crippen molar-refractivity contribution >= 4 is 8.80 Å². The molecule has 4 heteroatoms. The van der Waals surface area contributed by atoms with Crippen molar-refractivity contribution in [1.82, 2.24) is 0 Å². The van der Waals surface area contributed by atoms with Gasteiger partial charge in [0.1, 0.15) is 0 Å². The third-order valence-corrected chi connectivity index (χ3v) is 8.22. The predicted molar refractivity (Wildman–Crippen MR) is 87.9 cm³/mol. The molecule has 3 nitrogen and oxygen atoms in total. The first-order chi connectivity index (χ1) is 8.98. The molecular weight excluding hydrogens is 268 g/mol. The SMILES string of the molecule is CCC(C)C(C)(C)[Si](OC(C)C)(OC(C)C)OC(C)C. The van der Waals surface area contributed by atoms with Crippen LogP contribution in [0.3, 0.4) is 0 Å². The maximum Gasteiger partial charge on any atom is 0.507 e. The Morgan fingerprint density at radius 1 is 0.750 bits per heavy atom. The molecule has 0 saturated carbocycles. The van der Waals surface area contributed by atoms with Crippen LogP contribution in [0.15, 0.2) is 0 Å². The Morgan fingerprint density at radius 2 is 1.05 bits per heavy atom. The summed E-state index contributed by atoms with van der Waals surface area (Å²) in [5.41, 5.74) is 0. The van der Waals surface area contributed by atoms with Crippen LogP contribution in [0.1, 0.15) is 75.7 Å². The van der Waals surface area contributed by atoms with Gasteiger partial charge in [-0.05, 0) is 47.5 Å². The monoisotopic (exact) mass is 304 g/mol. The van der Waals surface area contributed by atoms with Crippen LogP contribution in [-0.4, -0.2) is 27.1 Å². The molecule has 0 aromatic rings. The summed E-state index contributed by atoms with van der Waals surface area (Å²) in [6, 6.07) is 0. The summed E-state index contributed by atoms with van der Waals surface area (Å²) in [5, 5.41) is -0.111. The summed E-state index contributed by atoms with van der Waals surface area (Å²) in [6.45, 7) is 21.3. The second-order valence-electron chi connectivity index (χ2n) is 7.09. The van der Waals surface area contributed by atoms with Crippen molar-refractivity contribution in [3.8, 4) is 0 Å². The van der Waals surface area contributed by atoms with E-state index in [0.717, 1.165) is 6.42 Å². The van der Waals surface area contributed by atoms with Crippen molar-refractivity contribution in [2.45, 2.75) is 99.0 Å². The van der Waals surface area contributed by atoms with Gasteiger partial charge in [0, 0.05) is 23.4 Å². The van der Waals surface area contributed by atoms with Crippen molar-refractivity contribution in [3.63, 3.8) is 0 Å². The molecule has 0 fully saturated rings. The molecule has 0 aromatic heterocycles. The van der Waals surface area contributed by atoms with E-state index >= 15 is 0 Å². The molecule has 1 unspecified atom stereocenters. The van der Waals surface area contributed by atoms with Crippen molar-refractivity contribution in [2.75, 3.05) is 0 Å². The lowest BCUT2D eigenvalue weighted by Gasteiger charge is -2.47. The van der Waals surface area contributed by atoms with E-state index in [9.17, 15) is 0 Å². The van der Waals surface area contributed by atoms with Crippen molar-refractivity contribution in [1.29, 1.82) is 0 Å². The Labute approximate surface area is 127 Å². The average Bonchev–Trinajstić information content (AvgIpc) is 2.24. The number of hydrogen-bond acceptors (Lipinski definition) is 3. The maximum absolute atomic E-state index is 6.34. The van der Waals surface area contributed by atoms with Crippen LogP contribution >= 0.6 is 0 Å². The van der Waals surface area contributed by atoms with E-state index < -0.39 is 8.80 Å². The van der Waals surface area contributed by atoms with E-state index in [1.165, 1.54) is 0 Å². The molecule has 0 spiro atoms. The van der Waals surface area contributed by atoms with Gasteiger partial charge in [0.2, 0.25) is 0 Å². The zero-order chi connectivity index (χ0) is 16.1. The van der Waals surface area contributed by atoms with Gasteiger partial charge in [-0.25, -0.2) is 0 Å². The Kier molecular flexibility index (Phi) is 7.96. The zero-order valence-electron chi connectivity index (χ0n) is 15.2. The first-order valence-corrected chi connectivity index (χ1v) is 9.74. The van der Waals surface area contributed by atoms with Crippen molar-refractivity contribution < 1.29 is 13.3 Å². The highest BCUT2D eigenvalue weighted by molar-refractivity contribution is 6.64. The normalized spacial score (nSPS) is 15.4. The van der Waals surface area contributed by atoms with Crippen LogP contribution in [0.4, 0.5) is 0 Å². The number of hydrogen-bond donors (Lipinski definition) is 0. The van der Waals surface area contributed by atoms with E-state index in [1.54, 1.807) is 0 Å². The van der Waals surface area contributed by atoms with Crippen LogP contribution in [0.25, 0.3) is 0 Å². The maximum atomic E-state index is 6.34. The molecule has 20 heavy (non-hydrogen) atoms. The first-order valence-electron chi connectivity index (χ1n) is 8.01. The Morgan fingerprint density at radius 3 is 1.25 bits per heavy atom. The van der Waals surface area contributed by atoms with Crippen LogP contribution in [0, 0.1) is 5.92 Å². The molecule has 0 radical (unpaired) electrons. The van der Waals surface area contributed by atoms with Gasteiger partial charge in [-0.1, -0.05) is 34.1 Å². The third kappa shape index (κ3) is 5.13. The largest absolute Gasteiger partial charge is 0.507 e. The molecule has 0 aliphatic carbocycles. The minimum atomic E-state index is -2.80. The zero-order valence-corrected chi connectivity index (χ0v) is 16.2. The summed E-state index contributed by atoms with van der Waals surface area (Å²) in [6.07, 6.45) is 1.39. The van der Waals surface area contributed by atoms with Gasteiger partial charge in [0.25, 0.3) is 0 Å². The van der Waals surface area contributed by atoms with Crippen LogP contribution in [-0.2, 0) is 13.3 Å². The molecule has 122 valence electrons. The second-order valence-corrected chi connectivity index (χ2v) is 10.2. The Hall–Kier alpha value is 0.0969. The molecule has 0 N–H and O–H groups in total. The lowest BCUT2D eigenvalue weighted by atomic mass is 9.94. The van der Waals surface area contributed by atoms with E-state index in [4.69, 9.17) is 13.3 Å². The lowest BCUT2D eigenvalue weighted by Crippen LogP contribution is -2.59. The third-order valence-electron chi connectivity index (χ3n) is 3.81. The fraction of sp³-hybridized carbons (Fsp3) is 1.00. The van der Waals surface area contributed by atoms with E-state index in [1.807, 2.05) is 0 Å². The molecule has 0 aliphatic rings. The first kappa shape index (κ1) is 20.1. The average molecular weight is 305 g/mol. The summed E-state index contributed by atoms with van der Waals surface area (Å²) in [7, 11) is -2.80. The van der Waals surface area contributed by atoms with Gasteiger partial charge in [0.05, 0.1) is 0 Å². The second kappa shape index (κ2) is 7.92. The molecule has 0 aromatic carbocycles. The molecule has 0 heterocycles. The van der Waals surface area contributed by atoms with Crippen molar-refractivity contribution in [2.24, 2.45) is 5.92 Å². The van der Waals surface area contributed by atoms with Gasteiger partial charge in [0.15, 0.2) is 0 Å². The highest BCUT2D eigenvalue weighted by atomic mass is 28.4. The van der Waals surface area contributed by atoms with Gasteiger partial charge < -0.3 is 13.3 Å². The highest BCUT2D eigenvalue weighted by Gasteiger charge is 2.59. The summed E-state index contributed by atoms with van der Waals surface area (Å²) in [5.74, 6) is 0.477. The smallest absolute Gasteiger partial charge is 0.371 e. The molecule has 0 amide bonds. The Balaban J connectivity index is 5.67. The molecule has 0 rings (SSSR count). The van der Waals surface area contributed by atoms with Crippen molar-refractivity contribution in [3.05, 3.63) is 0 Å². The number of rotatable bonds is 9. The lowest BCUT2D eigenvalue weighted by molar-refractivity contribution is -0.0218. The minimum absolute atomic E-state index is 0.0995. The fourth-order valence-electron chi connectivity index (χ4n) is 2.28. The van der Waals surface area contributed by atoms with E-state index in [0.29, 0.717) is 5.92 Å². The summed E-state index contributed by atoms with van der Waals surface area (Å²) in [4.78, 5) is 0. The van der Waals surface area contributed by atoms with Crippen LogP contribution in [0.5, 0.6) is 0 Å². The molecule has 1 atom stereocenters. The fourth-order valence-corrected chi connectivity index (χ4v) is 6.03. The van der Waals surface area contributed by atoms with Crippen LogP contribution in [0.2, 0.25) is 5.04 Å². The predicted octanol–water partition coefficient (Wildman–Crippen LogP) is 5.03. The van der Waals surface area contributed by atoms with Gasteiger partial charge in [-0.2, -0.15) is 0 Å². The van der Waals surface area contributed by atoms with Crippen LogP contribution < -0.4 is 0 Å². The topological polar surface area (TPSA) is 27.7 Å². The molecule has 0 aliphatic heterocycles. The highest BCUT2D eigenvalue weighted by Crippen LogP contribution is 2.48. The van der Waals surface area contributed by atoms with Gasteiger partial charge in [-0.15, -0.1) is 0 Å². The molecular formula is C16H36O3Si. The summed E-state index contributed by atoms with van der Waals surface area (Å²) < 4.78 is 19.0. The molecule has 0 bridgehead atoms. The standard InChI is InChI=1S/C16H36O3Si/c1-11-15(8)16(9,10)20(17-12(2)3,18-13(4)5)19-14(6)7/h12-15H,11H2,1-10H3. The van der Waals surface area contributed by atoms with E-state index in [-0.39, 0.29) is 23.4 Å². The minimum Gasteiger partial charge on any atom is -0.371 e. The summed E-state index contributed by atoms with van der Waals surface area (Å²) >= 11 is 0. The Bertz CT molecular complexity index is 248. The molecule has 0 saturated heterocycles. The quantitative estimate of drug-likeness (QED) is 0.559. The van der Waals surface area contributed by atoms with Gasteiger partial charge in [-0.3, -0.25) is 0 Å².